The molecular formula is C16H24FN3O. The van der Waals surface area contributed by atoms with Crippen molar-refractivity contribution < 1.29 is 9.18 Å². The summed E-state index contributed by atoms with van der Waals surface area (Å²) in [5, 5.41) is 3.28. The maximum atomic E-state index is 13.3. The average Bonchev–Trinajstić information content (AvgIpc) is 2.46. The molecule has 2 unspecified atom stereocenters. The van der Waals surface area contributed by atoms with Crippen molar-refractivity contribution in [2.75, 3.05) is 33.7 Å². The lowest BCUT2D eigenvalue weighted by Crippen LogP contribution is -2.60. The number of nitrogens with one attached hydrogen (secondary N) is 1. The van der Waals surface area contributed by atoms with Gasteiger partial charge < -0.3 is 10.2 Å². The van der Waals surface area contributed by atoms with Gasteiger partial charge in [-0.2, -0.15) is 0 Å². The van der Waals surface area contributed by atoms with Gasteiger partial charge in [0.2, 0.25) is 5.91 Å². The van der Waals surface area contributed by atoms with Crippen molar-refractivity contribution >= 4 is 5.91 Å². The van der Waals surface area contributed by atoms with E-state index in [1.807, 2.05) is 6.07 Å². The lowest BCUT2D eigenvalue weighted by atomic mass is 10.0. The molecule has 0 aromatic heterocycles. The molecule has 0 radical (unpaired) electrons. The van der Waals surface area contributed by atoms with E-state index in [4.69, 9.17) is 0 Å². The largest absolute Gasteiger partial charge is 0.347 e. The minimum Gasteiger partial charge on any atom is -0.347 e. The molecule has 21 heavy (non-hydrogen) atoms. The van der Waals surface area contributed by atoms with Crippen molar-refractivity contribution in [2.24, 2.45) is 0 Å². The number of carbonyl (C=O) groups is 1. The Kier molecular flexibility index (Phi) is 5.31. The Labute approximate surface area is 125 Å². The molecule has 1 saturated heterocycles. The third-order valence-corrected chi connectivity index (χ3v) is 4.00. The summed E-state index contributed by atoms with van der Waals surface area (Å²) in [6, 6.07) is 6.75. The summed E-state index contributed by atoms with van der Waals surface area (Å²) in [5.74, 6) is -0.0887. The van der Waals surface area contributed by atoms with Crippen LogP contribution in [0.5, 0.6) is 0 Å². The van der Waals surface area contributed by atoms with Crippen molar-refractivity contribution in [2.45, 2.75) is 25.4 Å². The second-order valence-corrected chi connectivity index (χ2v) is 5.87. The zero-order valence-electron chi connectivity index (χ0n) is 13.0. The third kappa shape index (κ3) is 4.02. The first-order valence-corrected chi connectivity index (χ1v) is 7.41. The maximum absolute atomic E-state index is 13.3. The lowest BCUT2D eigenvalue weighted by Gasteiger charge is -2.40. The first-order chi connectivity index (χ1) is 9.99. The van der Waals surface area contributed by atoms with Crippen LogP contribution in [-0.2, 0) is 11.2 Å². The third-order valence-electron chi connectivity index (χ3n) is 4.00. The van der Waals surface area contributed by atoms with Crippen LogP contribution in [0.3, 0.4) is 0 Å². The highest BCUT2D eigenvalue weighted by atomic mass is 19.1. The summed E-state index contributed by atoms with van der Waals surface area (Å²) < 4.78 is 13.3. The highest BCUT2D eigenvalue weighted by Crippen LogP contribution is 2.15. The molecule has 5 heteroatoms. The SMILES string of the molecule is CC(Cc1cccc(F)c1)N1CCNCC1C(=O)N(C)C. The van der Waals surface area contributed by atoms with Crippen LogP contribution in [0.15, 0.2) is 24.3 Å². The number of benzene rings is 1. The Morgan fingerprint density at radius 3 is 2.95 bits per heavy atom. The molecule has 1 N–H and O–H groups in total. The fraction of sp³-hybridized carbons (Fsp3) is 0.562. The Balaban J connectivity index is 2.08. The topological polar surface area (TPSA) is 35.6 Å². The Hall–Kier alpha value is -1.46. The Morgan fingerprint density at radius 1 is 1.52 bits per heavy atom. The van der Waals surface area contributed by atoms with Crippen molar-refractivity contribution in [1.82, 2.24) is 15.1 Å². The number of nitrogens with zero attached hydrogens (tertiary/aromatic N) is 2. The van der Waals surface area contributed by atoms with E-state index >= 15 is 0 Å². The summed E-state index contributed by atoms with van der Waals surface area (Å²) in [6.45, 7) is 4.49. The van der Waals surface area contributed by atoms with Crippen LogP contribution in [0, 0.1) is 5.82 Å². The molecular weight excluding hydrogens is 269 g/mol. The molecule has 1 aliphatic rings. The molecule has 1 amide bonds. The van der Waals surface area contributed by atoms with Gasteiger partial charge in [0, 0.05) is 39.8 Å². The standard InChI is InChI=1S/C16H24FN3O/c1-12(9-13-5-4-6-14(17)10-13)20-8-7-18-11-15(20)16(21)19(2)3/h4-6,10,12,15,18H,7-9,11H2,1-3H3. The van der Waals surface area contributed by atoms with E-state index in [0.717, 1.165) is 25.1 Å². The van der Waals surface area contributed by atoms with Gasteiger partial charge in [0.15, 0.2) is 0 Å². The van der Waals surface area contributed by atoms with Gasteiger partial charge in [-0.1, -0.05) is 12.1 Å². The van der Waals surface area contributed by atoms with Crippen LogP contribution >= 0.6 is 0 Å². The fourth-order valence-electron chi connectivity index (χ4n) is 2.90. The Morgan fingerprint density at radius 2 is 2.29 bits per heavy atom. The van der Waals surface area contributed by atoms with Crippen LogP contribution in [0.2, 0.25) is 0 Å². The average molecular weight is 293 g/mol. The summed E-state index contributed by atoms with van der Waals surface area (Å²) in [4.78, 5) is 16.2. The molecule has 2 rings (SSSR count). The van der Waals surface area contributed by atoms with Crippen molar-refractivity contribution in [3.63, 3.8) is 0 Å². The lowest BCUT2D eigenvalue weighted by molar-refractivity contribution is -0.136. The smallest absolute Gasteiger partial charge is 0.240 e. The predicted octanol–water partition coefficient (Wildman–Crippen LogP) is 1.12. The zero-order chi connectivity index (χ0) is 15.4. The number of hydrogen-bond acceptors (Lipinski definition) is 3. The van der Waals surface area contributed by atoms with E-state index in [1.165, 1.54) is 6.07 Å². The van der Waals surface area contributed by atoms with Gasteiger partial charge in [-0.3, -0.25) is 9.69 Å². The van der Waals surface area contributed by atoms with E-state index in [2.05, 4.69) is 17.1 Å². The van der Waals surface area contributed by atoms with E-state index in [9.17, 15) is 9.18 Å². The highest BCUT2D eigenvalue weighted by Gasteiger charge is 2.32. The molecule has 1 aliphatic heterocycles. The molecule has 0 aliphatic carbocycles. The molecule has 0 bridgehead atoms. The number of halogens is 1. The number of hydrogen-bond donors (Lipinski definition) is 1. The summed E-state index contributed by atoms with van der Waals surface area (Å²) in [6.07, 6.45) is 0.745. The summed E-state index contributed by atoms with van der Waals surface area (Å²) >= 11 is 0. The Bertz CT molecular complexity index is 492. The molecule has 1 aromatic carbocycles. The van der Waals surface area contributed by atoms with Gasteiger partial charge in [0.1, 0.15) is 11.9 Å². The maximum Gasteiger partial charge on any atom is 0.240 e. The van der Waals surface area contributed by atoms with Gasteiger partial charge >= 0.3 is 0 Å². The van der Waals surface area contributed by atoms with E-state index in [-0.39, 0.29) is 23.8 Å². The normalized spacial score (nSPS) is 21.0. The summed E-state index contributed by atoms with van der Waals surface area (Å²) in [5.41, 5.74) is 0.970. The van der Waals surface area contributed by atoms with E-state index < -0.39 is 0 Å². The van der Waals surface area contributed by atoms with Gasteiger partial charge in [0.05, 0.1) is 0 Å². The minimum atomic E-state index is -0.207. The molecule has 1 heterocycles. The summed E-state index contributed by atoms with van der Waals surface area (Å²) in [7, 11) is 3.57. The van der Waals surface area contributed by atoms with Gasteiger partial charge in [-0.05, 0) is 31.0 Å². The molecule has 1 aromatic rings. The van der Waals surface area contributed by atoms with Crippen LogP contribution < -0.4 is 5.32 Å². The van der Waals surface area contributed by atoms with Gasteiger partial charge in [0.25, 0.3) is 0 Å². The molecule has 0 saturated carbocycles. The van der Waals surface area contributed by atoms with E-state index in [1.54, 1.807) is 31.1 Å². The second-order valence-electron chi connectivity index (χ2n) is 5.87. The first-order valence-electron chi connectivity index (χ1n) is 7.41. The highest BCUT2D eigenvalue weighted by molar-refractivity contribution is 5.81. The van der Waals surface area contributed by atoms with Crippen LogP contribution in [-0.4, -0.2) is 61.5 Å². The molecule has 0 spiro atoms. The molecule has 2 atom stereocenters. The van der Waals surface area contributed by atoms with Crippen LogP contribution in [0.1, 0.15) is 12.5 Å². The number of amides is 1. The number of piperazine rings is 1. The van der Waals surface area contributed by atoms with Crippen LogP contribution in [0.4, 0.5) is 4.39 Å². The number of rotatable bonds is 4. The van der Waals surface area contributed by atoms with Gasteiger partial charge in [-0.15, -0.1) is 0 Å². The number of carbonyl (C=O) groups excluding carboxylic acids is 1. The quantitative estimate of drug-likeness (QED) is 0.903. The first kappa shape index (κ1) is 15.9. The monoisotopic (exact) mass is 293 g/mol. The van der Waals surface area contributed by atoms with Crippen molar-refractivity contribution in [3.8, 4) is 0 Å². The minimum absolute atomic E-state index is 0.119. The fourth-order valence-corrected chi connectivity index (χ4v) is 2.90. The van der Waals surface area contributed by atoms with E-state index in [0.29, 0.717) is 6.54 Å². The number of likely N-dealkylation sites (N-methyl/N-ethyl adjacent to an activating group) is 1. The molecule has 1 fully saturated rings. The van der Waals surface area contributed by atoms with Gasteiger partial charge in [-0.25, -0.2) is 4.39 Å². The zero-order valence-corrected chi connectivity index (χ0v) is 13.0. The molecule has 4 nitrogen and oxygen atoms in total. The molecule has 116 valence electrons. The van der Waals surface area contributed by atoms with Crippen molar-refractivity contribution in [3.05, 3.63) is 35.6 Å². The van der Waals surface area contributed by atoms with Crippen LogP contribution in [0.25, 0.3) is 0 Å². The predicted molar refractivity (Wildman–Crippen MR) is 81.6 cm³/mol. The van der Waals surface area contributed by atoms with Crippen molar-refractivity contribution in [1.29, 1.82) is 0 Å². The second kappa shape index (κ2) is 7.00.